The molecule has 0 bridgehead atoms. The number of β-amino-alcohol motifs (C(OH)–C–C–N with tert-alkyl or cyclic N) is 1. The molecular formula is C16H20N4O2. The zero-order valence-electron chi connectivity index (χ0n) is 12.4. The molecular weight excluding hydrogens is 280 g/mol. The Hall–Kier alpha value is -1.89. The summed E-state index contributed by atoms with van der Waals surface area (Å²) in [6.45, 7) is 1.86. The van der Waals surface area contributed by atoms with Gasteiger partial charge in [0.2, 0.25) is 0 Å². The Morgan fingerprint density at radius 1 is 1.18 bits per heavy atom. The van der Waals surface area contributed by atoms with Gasteiger partial charge < -0.3 is 10.2 Å². The van der Waals surface area contributed by atoms with Gasteiger partial charge in [-0.2, -0.15) is 0 Å². The zero-order chi connectivity index (χ0) is 15.4. The fourth-order valence-corrected chi connectivity index (χ4v) is 2.79. The molecule has 1 unspecified atom stereocenters. The highest BCUT2D eigenvalue weighted by Crippen LogP contribution is 2.22. The van der Waals surface area contributed by atoms with Crippen LogP contribution in [0.3, 0.4) is 0 Å². The molecule has 1 aliphatic heterocycles. The monoisotopic (exact) mass is 300 g/mol. The number of hydrogen-bond donors (Lipinski definition) is 2. The third-order valence-corrected chi connectivity index (χ3v) is 3.93. The third-order valence-electron chi connectivity index (χ3n) is 3.93. The van der Waals surface area contributed by atoms with E-state index in [2.05, 4.69) is 19.9 Å². The normalized spacial score (nSPS) is 22.6. The first-order valence-electron chi connectivity index (χ1n) is 7.46. The topological polar surface area (TPSA) is 82.4 Å². The van der Waals surface area contributed by atoms with Gasteiger partial charge in [-0.15, -0.1) is 0 Å². The van der Waals surface area contributed by atoms with E-state index in [4.69, 9.17) is 0 Å². The molecule has 0 radical (unpaired) electrons. The molecule has 0 amide bonds. The average molecular weight is 300 g/mol. The van der Waals surface area contributed by atoms with Gasteiger partial charge in [-0.3, -0.25) is 9.88 Å². The van der Waals surface area contributed by atoms with Crippen LogP contribution < -0.4 is 0 Å². The Kier molecular flexibility index (Phi) is 4.42. The van der Waals surface area contributed by atoms with Gasteiger partial charge in [-0.1, -0.05) is 6.07 Å². The molecule has 6 heteroatoms. The second-order valence-electron chi connectivity index (χ2n) is 5.83. The van der Waals surface area contributed by atoms with Gasteiger partial charge >= 0.3 is 0 Å². The van der Waals surface area contributed by atoms with Gasteiger partial charge in [0.1, 0.15) is 11.3 Å². The van der Waals surface area contributed by atoms with E-state index >= 15 is 0 Å². The number of aliphatic hydroxyl groups is 2. The molecule has 2 aromatic heterocycles. The van der Waals surface area contributed by atoms with Crippen LogP contribution in [0.4, 0.5) is 0 Å². The lowest BCUT2D eigenvalue weighted by Crippen LogP contribution is -2.50. The van der Waals surface area contributed by atoms with Gasteiger partial charge in [0.15, 0.2) is 5.82 Å². The van der Waals surface area contributed by atoms with Crippen molar-refractivity contribution in [3.05, 3.63) is 42.4 Å². The number of aromatic nitrogens is 3. The van der Waals surface area contributed by atoms with E-state index in [-0.39, 0.29) is 6.61 Å². The maximum Gasteiger partial charge on any atom is 0.178 e. The summed E-state index contributed by atoms with van der Waals surface area (Å²) in [6, 6.07) is 5.64. The lowest BCUT2D eigenvalue weighted by molar-refractivity contribution is -0.0687. The quantitative estimate of drug-likeness (QED) is 0.871. The minimum atomic E-state index is -0.979. The van der Waals surface area contributed by atoms with Crippen molar-refractivity contribution in [2.45, 2.75) is 25.0 Å². The minimum Gasteiger partial charge on any atom is -0.393 e. The van der Waals surface area contributed by atoms with E-state index in [0.29, 0.717) is 25.3 Å². The summed E-state index contributed by atoms with van der Waals surface area (Å²) in [7, 11) is 0. The van der Waals surface area contributed by atoms with E-state index in [0.717, 1.165) is 24.2 Å². The first-order valence-corrected chi connectivity index (χ1v) is 7.46. The van der Waals surface area contributed by atoms with Crippen molar-refractivity contribution in [2.75, 3.05) is 19.7 Å². The van der Waals surface area contributed by atoms with E-state index in [1.165, 1.54) is 0 Å². The summed E-state index contributed by atoms with van der Waals surface area (Å²) in [5.74, 6) is 0.606. The Morgan fingerprint density at radius 2 is 2.00 bits per heavy atom. The fourth-order valence-electron chi connectivity index (χ4n) is 2.79. The van der Waals surface area contributed by atoms with Crippen LogP contribution in [0.25, 0.3) is 11.5 Å². The molecule has 3 heterocycles. The number of nitrogens with zero attached hydrogens (tertiary/aromatic N) is 4. The van der Waals surface area contributed by atoms with E-state index in [9.17, 15) is 10.2 Å². The Labute approximate surface area is 129 Å². The minimum absolute atomic E-state index is 0.196. The highest BCUT2D eigenvalue weighted by Gasteiger charge is 2.32. The number of rotatable bonds is 4. The Balaban J connectivity index is 1.66. The largest absolute Gasteiger partial charge is 0.393 e. The second-order valence-corrected chi connectivity index (χ2v) is 5.83. The average Bonchev–Trinajstić information content (AvgIpc) is 2.56. The predicted molar refractivity (Wildman–Crippen MR) is 81.8 cm³/mol. The highest BCUT2D eigenvalue weighted by atomic mass is 16.3. The molecule has 22 heavy (non-hydrogen) atoms. The summed E-state index contributed by atoms with van der Waals surface area (Å²) in [5.41, 5.74) is 0.760. The molecule has 1 aliphatic rings. The molecule has 1 saturated heterocycles. The van der Waals surface area contributed by atoms with Crippen molar-refractivity contribution >= 4 is 0 Å². The highest BCUT2D eigenvalue weighted by molar-refractivity contribution is 5.47. The molecule has 2 aromatic rings. The molecule has 1 atom stereocenters. The van der Waals surface area contributed by atoms with Crippen LogP contribution >= 0.6 is 0 Å². The summed E-state index contributed by atoms with van der Waals surface area (Å²) in [6.07, 6.45) is 6.84. The summed E-state index contributed by atoms with van der Waals surface area (Å²) in [4.78, 5) is 15.1. The first kappa shape index (κ1) is 15.0. The number of pyridine rings is 1. The van der Waals surface area contributed by atoms with Crippen molar-refractivity contribution in [3.8, 4) is 11.5 Å². The lowest BCUT2D eigenvalue weighted by Gasteiger charge is -2.37. The smallest absolute Gasteiger partial charge is 0.178 e. The van der Waals surface area contributed by atoms with Gasteiger partial charge in [0.25, 0.3) is 0 Å². The van der Waals surface area contributed by atoms with E-state index < -0.39 is 5.60 Å². The number of piperidine rings is 1. The molecule has 6 nitrogen and oxygen atoms in total. The SMILES string of the molecule is OCC1(O)CCCN(Cc2cnc(-c3ccccn3)nc2)C1. The molecule has 1 fully saturated rings. The molecule has 0 aliphatic carbocycles. The van der Waals surface area contributed by atoms with Crippen LogP contribution in [0, 0.1) is 0 Å². The van der Waals surface area contributed by atoms with Gasteiger partial charge in [0, 0.05) is 37.2 Å². The van der Waals surface area contributed by atoms with Crippen LogP contribution in [-0.2, 0) is 6.54 Å². The van der Waals surface area contributed by atoms with Crippen LogP contribution in [0.15, 0.2) is 36.8 Å². The van der Waals surface area contributed by atoms with Crippen molar-refractivity contribution in [3.63, 3.8) is 0 Å². The van der Waals surface area contributed by atoms with Crippen molar-refractivity contribution in [1.29, 1.82) is 0 Å². The summed E-state index contributed by atoms with van der Waals surface area (Å²) >= 11 is 0. The molecule has 3 rings (SSSR count). The Morgan fingerprint density at radius 3 is 2.68 bits per heavy atom. The van der Waals surface area contributed by atoms with Crippen molar-refractivity contribution in [1.82, 2.24) is 19.9 Å². The van der Waals surface area contributed by atoms with E-state index in [1.54, 1.807) is 18.6 Å². The lowest BCUT2D eigenvalue weighted by atomic mass is 9.93. The Bertz CT molecular complexity index is 605. The number of aliphatic hydroxyl groups excluding tert-OH is 1. The number of likely N-dealkylation sites (tertiary alicyclic amines) is 1. The zero-order valence-corrected chi connectivity index (χ0v) is 12.4. The standard InChI is InChI=1S/C16H20N4O2/c21-12-16(22)5-3-7-20(11-16)10-13-8-18-15(19-9-13)14-4-1-2-6-17-14/h1-2,4,6,8-9,21-22H,3,5,7,10-12H2. The maximum atomic E-state index is 10.2. The summed E-state index contributed by atoms with van der Waals surface area (Å²) in [5, 5.41) is 19.5. The molecule has 0 spiro atoms. The first-order chi connectivity index (χ1) is 10.7. The van der Waals surface area contributed by atoms with Crippen molar-refractivity contribution in [2.24, 2.45) is 0 Å². The molecule has 0 aromatic carbocycles. The van der Waals surface area contributed by atoms with Crippen molar-refractivity contribution < 1.29 is 10.2 Å². The van der Waals surface area contributed by atoms with Crippen LogP contribution in [0.2, 0.25) is 0 Å². The maximum absolute atomic E-state index is 10.2. The van der Waals surface area contributed by atoms with Crippen LogP contribution in [0.5, 0.6) is 0 Å². The van der Waals surface area contributed by atoms with Gasteiger partial charge in [-0.25, -0.2) is 9.97 Å². The molecule has 0 saturated carbocycles. The molecule has 116 valence electrons. The third kappa shape index (κ3) is 3.47. The van der Waals surface area contributed by atoms with Crippen LogP contribution in [0.1, 0.15) is 18.4 Å². The number of hydrogen-bond acceptors (Lipinski definition) is 6. The van der Waals surface area contributed by atoms with Gasteiger partial charge in [-0.05, 0) is 31.5 Å². The summed E-state index contributed by atoms with van der Waals surface area (Å²) < 4.78 is 0. The predicted octanol–water partition coefficient (Wildman–Crippen LogP) is 0.858. The fraction of sp³-hybridized carbons (Fsp3) is 0.438. The molecule has 2 N–H and O–H groups in total. The second kappa shape index (κ2) is 6.48. The van der Waals surface area contributed by atoms with Crippen LogP contribution in [-0.4, -0.2) is 55.4 Å². The van der Waals surface area contributed by atoms with Gasteiger partial charge in [0.05, 0.1) is 6.61 Å². The van der Waals surface area contributed by atoms with E-state index in [1.807, 2.05) is 18.2 Å².